The van der Waals surface area contributed by atoms with Crippen LogP contribution >= 0.6 is 0 Å². The molecule has 152 valence electrons. The summed E-state index contributed by atoms with van der Waals surface area (Å²) < 4.78 is 10.3. The Morgan fingerprint density at radius 2 is 1.73 bits per heavy atom. The number of ether oxygens (including phenoxy) is 2. The number of alkyl carbamates (subject to hydrolysis) is 1. The van der Waals surface area contributed by atoms with E-state index in [4.69, 9.17) is 14.6 Å². The number of amides is 1. The molecule has 2 N–H and O–H groups in total. The number of carbonyl (C=O) groups is 3. The molecule has 0 bridgehead atoms. The Balaban J connectivity index is 4.56. The van der Waals surface area contributed by atoms with Crippen LogP contribution in [0.25, 0.3) is 0 Å². The molecule has 0 saturated carbocycles. The quantitative estimate of drug-likeness (QED) is 0.374. The summed E-state index contributed by atoms with van der Waals surface area (Å²) in [6, 6.07) is 0. The van der Waals surface area contributed by atoms with Crippen LogP contribution in [0.1, 0.15) is 73.1 Å². The topological polar surface area (TPSA) is 102 Å². The van der Waals surface area contributed by atoms with E-state index in [-0.39, 0.29) is 31.2 Å². The van der Waals surface area contributed by atoms with Crippen molar-refractivity contribution >= 4 is 18.0 Å². The van der Waals surface area contributed by atoms with Crippen molar-refractivity contribution < 1.29 is 29.0 Å². The largest absolute Gasteiger partial charge is 0.481 e. The Bertz CT molecular complexity index is 438. The van der Waals surface area contributed by atoms with Crippen LogP contribution in [-0.4, -0.2) is 36.0 Å². The molecule has 3 atom stereocenters. The molecule has 1 amide bonds. The summed E-state index contributed by atoms with van der Waals surface area (Å²) in [6.45, 7) is 9.66. The second-order valence-electron chi connectivity index (χ2n) is 7.19. The summed E-state index contributed by atoms with van der Waals surface area (Å²) in [7, 11) is 0. The monoisotopic (exact) mass is 373 g/mol. The average molecular weight is 373 g/mol. The number of carbonyl (C=O) groups excluding carboxylic acids is 2. The first kappa shape index (κ1) is 24.2. The second kappa shape index (κ2) is 13.4. The zero-order valence-corrected chi connectivity index (χ0v) is 16.7. The number of carboxylic acid groups (broad SMARTS) is 1. The summed E-state index contributed by atoms with van der Waals surface area (Å²) in [5.74, 6) is -1.27. The average Bonchev–Trinajstić information content (AvgIpc) is 2.56. The van der Waals surface area contributed by atoms with Crippen LogP contribution in [0.2, 0.25) is 0 Å². The van der Waals surface area contributed by atoms with Crippen molar-refractivity contribution in [3.63, 3.8) is 0 Å². The minimum absolute atomic E-state index is 0.00479. The lowest BCUT2D eigenvalue weighted by Crippen LogP contribution is -2.37. The molecular formula is C19H35NO6. The van der Waals surface area contributed by atoms with E-state index in [2.05, 4.69) is 19.2 Å². The molecule has 0 aromatic carbocycles. The van der Waals surface area contributed by atoms with Crippen molar-refractivity contribution in [2.75, 3.05) is 6.54 Å². The Labute approximate surface area is 156 Å². The maximum absolute atomic E-state index is 12.0. The number of esters is 1. The first-order valence-electron chi connectivity index (χ1n) is 9.55. The van der Waals surface area contributed by atoms with Crippen LogP contribution in [0.5, 0.6) is 0 Å². The van der Waals surface area contributed by atoms with Crippen LogP contribution in [0.15, 0.2) is 0 Å². The van der Waals surface area contributed by atoms with Crippen molar-refractivity contribution in [1.29, 1.82) is 0 Å². The highest BCUT2D eigenvalue weighted by molar-refractivity contribution is 5.70. The highest BCUT2D eigenvalue weighted by atomic mass is 16.7. The number of nitrogens with one attached hydrogen (secondary N) is 1. The third-order valence-electron chi connectivity index (χ3n) is 4.09. The molecule has 7 nitrogen and oxygen atoms in total. The fourth-order valence-electron chi connectivity index (χ4n) is 2.61. The molecule has 0 unspecified atom stereocenters. The number of unbranched alkanes of at least 4 members (excludes halogenated alkanes) is 1. The van der Waals surface area contributed by atoms with Crippen LogP contribution < -0.4 is 5.32 Å². The summed E-state index contributed by atoms with van der Waals surface area (Å²) in [5.41, 5.74) is 0. The summed E-state index contributed by atoms with van der Waals surface area (Å²) >= 11 is 0. The van der Waals surface area contributed by atoms with E-state index < -0.39 is 24.3 Å². The van der Waals surface area contributed by atoms with E-state index in [0.29, 0.717) is 5.92 Å². The standard InChI is InChI=1S/C19H35NO6/c1-6-8-9-14(5)10-15(11-16(21)22)12-20-19(24)26-18(13(3)4)25-17(23)7-2/h13-15,18H,6-12H2,1-5H3,(H,20,24)(H,21,22)/t14-,15+,18+/m1/s1. The van der Waals surface area contributed by atoms with Crippen LogP contribution in [-0.2, 0) is 19.1 Å². The minimum Gasteiger partial charge on any atom is -0.481 e. The molecule has 0 radical (unpaired) electrons. The number of aliphatic carboxylic acids is 1. The predicted octanol–water partition coefficient (Wildman–Crippen LogP) is 3.96. The van der Waals surface area contributed by atoms with Gasteiger partial charge in [-0.05, 0) is 18.3 Å². The molecule has 0 aromatic heterocycles. The van der Waals surface area contributed by atoms with E-state index in [1.807, 2.05) is 0 Å². The maximum Gasteiger partial charge on any atom is 0.410 e. The predicted molar refractivity (Wildman–Crippen MR) is 98.5 cm³/mol. The van der Waals surface area contributed by atoms with Crippen molar-refractivity contribution in [1.82, 2.24) is 5.32 Å². The number of hydrogen-bond acceptors (Lipinski definition) is 5. The fourth-order valence-corrected chi connectivity index (χ4v) is 2.61. The van der Waals surface area contributed by atoms with Crippen molar-refractivity contribution in [3.8, 4) is 0 Å². The highest BCUT2D eigenvalue weighted by Gasteiger charge is 2.23. The van der Waals surface area contributed by atoms with E-state index >= 15 is 0 Å². The number of carboxylic acids is 1. The third-order valence-corrected chi connectivity index (χ3v) is 4.09. The van der Waals surface area contributed by atoms with E-state index in [9.17, 15) is 14.4 Å². The van der Waals surface area contributed by atoms with Crippen LogP contribution in [0.4, 0.5) is 4.79 Å². The zero-order valence-electron chi connectivity index (χ0n) is 16.7. The van der Waals surface area contributed by atoms with Gasteiger partial charge in [-0.3, -0.25) is 9.59 Å². The van der Waals surface area contributed by atoms with Gasteiger partial charge in [-0.25, -0.2) is 4.79 Å². The lowest BCUT2D eigenvalue weighted by atomic mass is 9.90. The molecule has 0 aliphatic rings. The molecule has 0 saturated heterocycles. The molecule has 0 aromatic rings. The van der Waals surface area contributed by atoms with Gasteiger partial charge in [0.15, 0.2) is 0 Å². The van der Waals surface area contributed by atoms with Gasteiger partial charge in [-0.15, -0.1) is 0 Å². The Kier molecular flexibility index (Phi) is 12.5. The Hall–Kier alpha value is -1.79. The maximum atomic E-state index is 12.0. The van der Waals surface area contributed by atoms with Gasteiger partial charge in [0.2, 0.25) is 0 Å². The number of rotatable bonds is 13. The van der Waals surface area contributed by atoms with Gasteiger partial charge < -0.3 is 19.9 Å². The molecule has 0 aliphatic carbocycles. The van der Waals surface area contributed by atoms with Gasteiger partial charge >= 0.3 is 18.0 Å². The zero-order chi connectivity index (χ0) is 20.1. The smallest absolute Gasteiger partial charge is 0.410 e. The van der Waals surface area contributed by atoms with Gasteiger partial charge in [0, 0.05) is 25.3 Å². The Morgan fingerprint density at radius 3 is 2.23 bits per heavy atom. The van der Waals surface area contributed by atoms with Crippen molar-refractivity contribution in [3.05, 3.63) is 0 Å². The van der Waals surface area contributed by atoms with Gasteiger partial charge in [-0.2, -0.15) is 0 Å². The van der Waals surface area contributed by atoms with Gasteiger partial charge in [-0.1, -0.05) is 53.9 Å². The normalized spacial score (nSPS) is 14.4. The lowest BCUT2D eigenvalue weighted by Gasteiger charge is -2.23. The highest BCUT2D eigenvalue weighted by Crippen LogP contribution is 2.20. The van der Waals surface area contributed by atoms with E-state index in [0.717, 1.165) is 25.7 Å². The molecule has 0 spiro atoms. The van der Waals surface area contributed by atoms with Crippen molar-refractivity contribution in [2.24, 2.45) is 17.8 Å². The molecular weight excluding hydrogens is 338 g/mol. The number of hydrogen-bond donors (Lipinski definition) is 2. The first-order chi connectivity index (χ1) is 12.2. The molecule has 7 heteroatoms. The molecule has 0 rings (SSSR count). The third kappa shape index (κ3) is 11.7. The van der Waals surface area contributed by atoms with E-state index in [1.54, 1.807) is 20.8 Å². The van der Waals surface area contributed by atoms with E-state index in [1.165, 1.54) is 0 Å². The summed E-state index contributed by atoms with van der Waals surface area (Å²) in [6.07, 6.45) is 2.51. The minimum atomic E-state index is -0.955. The SMILES string of the molecule is CCCC[C@@H](C)C[C@H](CNC(=O)O[C@H](OC(=O)CC)C(C)C)CC(=O)O. The summed E-state index contributed by atoms with van der Waals surface area (Å²) in [4.78, 5) is 34.5. The fraction of sp³-hybridized carbons (Fsp3) is 0.842. The summed E-state index contributed by atoms with van der Waals surface area (Å²) in [5, 5.41) is 11.7. The Morgan fingerprint density at radius 1 is 1.08 bits per heavy atom. The molecule has 26 heavy (non-hydrogen) atoms. The second-order valence-corrected chi connectivity index (χ2v) is 7.19. The molecule has 0 aliphatic heterocycles. The first-order valence-corrected chi connectivity index (χ1v) is 9.55. The van der Waals surface area contributed by atoms with Gasteiger partial charge in [0.25, 0.3) is 6.29 Å². The molecule has 0 heterocycles. The van der Waals surface area contributed by atoms with Gasteiger partial charge in [0.05, 0.1) is 0 Å². The van der Waals surface area contributed by atoms with Crippen LogP contribution in [0, 0.1) is 17.8 Å². The van der Waals surface area contributed by atoms with Gasteiger partial charge in [0.1, 0.15) is 0 Å². The lowest BCUT2D eigenvalue weighted by molar-refractivity contribution is -0.174. The van der Waals surface area contributed by atoms with Crippen LogP contribution in [0.3, 0.4) is 0 Å². The molecule has 0 fully saturated rings. The van der Waals surface area contributed by atoms with Crippen molar-refractivity contribution in [2.45, 2.75) is 79.4 Å².